The zero-order valence-electron chi connectivity index (χ0n) is 9.66. The lowest BCUT2D eigenvalue weighted by atomic mass is 10.0. The van der Waals surface area contributed by atoms with E-state index in [-0.39, 0.29) is 0 Å². The number of hydrogen-bond donors (Lipinski definition) is 1. The van der Waals surface area contributed by atoms with E-state index < -0.39 is 0 Å². The summed E-state index contributed by atoms with van der Waals surface area (Å²) in [5, 5.41) is 3.52. The lowest BCUT2D eigenvalue weighted by Gasteiger charge is -2.19. The molecule has 3 heteroatoms. The monoisotopic (exact) mass is 307 g/mol. The van der Waals surface area contributed by atoms with Crippen molar-refractivity contribution in [1.29, 1.82) is 0 Å². The highest BCUT2D eigenvalue weighted by molar-refractivity contribution is 9.10. The van der Waals surface area contributed by atoms with Crippen molar-refractivity contribution < 1.29 is 0 Å². The van der Waals surface area contributed by atoms with Crippen LogP contribution in [0.15, 0.2) is 34.8 Å². The van der Waals surface area contributed by atoms with Crippen molar-refractivity contribution >= 4 is 27.3 Å². The van der Waals surface area contributed by atoms with E-state index in [0.717, 1.165) is 17.4 Å². The van der Waals surface area contributed by atoms with Crippen molar-refractivity contribution in [3.8, 4) is 10.4 Å². The molecule has 17 heavy (non-hydrogen) atoms. The highest BCUT2D eigenvalue weighted by Crippen LogP contribution is 2.37. The van der Waals surface area contributed by atoms with Gasteiger partial charge in [-0.2, -0.15) is 0 Å². The maximum Gasteiger partial charge on any atom is 0.0389 e. The smallest absolute Gasteiger partial charge is 0.0389 e. The molecule has 1 unspecified atom stereocenters. The van der Waals surface area contributed by atoms with E-state index in [4.69, 9.17) is 0 Å². The minimum Gasteiger partial charge on any atom is -0.309 e. The maximum atomic E-state index is 3.54. The molecule has 1 atom stereocenters. The predicted octanol–water partition coefficient (Wildman–Crippen LogP) is 4.38. The summed E-state index contributed by atoms with van der Waals surface area (Å²) >= 11 is 5.46. The summed E-state index contributed by atoms with van der Waals surface area (Å²) in [4.78, 5) is 2.89. The second-order valence-electron chi connectivity index (χ2n) is 4.44. The van der Waals surface area contributed by atoms with Crippen LogP contribution in [0.4, 0.5) is 0 Å². The van der Waals surface area contributed by atoms with E-state index in [1.54, 1.807) is 0 Å². The van der Waals surface area contributed by atoms with Crippen molar-refractivity contribution in [3.63, 3.8) is 0 Å². The predicted molar refractivity (Wildman–Crippen MR) is 77.6 cm³/mol. The Kier molecular flexibility index (Phi) is 3.07. The topological polar surface area (TPSA) is 12.0 Å². The first-order chi connectivity index (χ1) is 8.24. The number of fused-ring (bicyclic) bond motifs is 1. The van der Waals surface area contributed by atoms with E-state index in [2.05, 4.69) is 58.5 Å². The van der Waals surface area contributed by atoms with Gasteiger partial charge in [-0.3, -0.25) is 0 Å². The van der Waals surface area contributed by atoms with Crippen LogP contribution in [0.1, 0.15) is 23.4 Å². The Morgan fingerprint density at radius 1 is 1.35 bits per heavy atom. The Hall–Kier alpha value is -0.640. The molecule has 0 saturated carbocycles. The third-order valence-corrected chi connectivity index (χ3v) is 5.09. The first-order valence-corrected chi connectivity index (χ1v) is 7.47. The lowest BCUT2D eigenvalue weighted by molar-refractivity contribution is 0.551. The quantitative estimate of drug-likeness (QED) is 0.824. The summed E-state index contributed by atoms with van der Waals surface area (Å²) < 4.78 is 1.15. The van der Waals surface area contributed by atoms with Crippen LogP contribution >= 0.6 is 27.3 Å². The average Bonchev–Trinajstić information content (AvgIpc) is 2.74. The molecule has 1 N–H and O–H groups in total. The molecule has 1 aliphatic rings. The zero-order chi connectivity index (χ0) is 11.8. The molecule has 0 saturated heterocycles. The van der Waals surface area contributed by atoms with Crippen LogP contribution < -0.4 is 5.32 Å². The molecule has 0 aliphatic carbocycles. The average molecular weight is 308 g/mol. The van der Waals surface area contributed by atoms with Crippen LogP contribution in [0.3, 0.4) is 0 Å². The molecule has 1 aromatic heterocycles. The minimum atomic E-state index is 0.504. The van der Waals surface area contributed by atoms with E-state index in [1.807, 2.05) is 11.3 Å². The van der Waals surface area contributed by atoms with Crippen LogP contribution in [0.2, 0.25) is 0 Å². The summed E-state index contributed by atoms with van der Waals surface area (Å²) in [5.41, 5.74) is 2.84. The molecule has 3 rings (SSSR count). The van der Waals surface area contributed by atoms with E-state index >= 15 is 0 Å². The van der Waals surface area contributed by atoms with Gasteiger partial charge in [0.15, 0.2) is 0 Å². The van der Waals surface area contributed by atoms with Gasteiger partial charge in [0.2, 0.25) is 0 Å². The molecule has 0 spiro atoms. The second kappa shape index (κ2) is 4.56. The fourth-order valence-electron chi connectivity index (χ4n) is 2.30. The zero-order valence-corrected chi connectivity index (χ0v) is 12.1. The van der Waals surface area contributed by atoms with Crippen LogP contribution in [0.5, 0.6) is 0 Å². The minimum absolute atomic E-state index is 0.504. The largest absolute Gasteiger partial charge is 0.309 e. The molecule has 0 fully saturated rings. The first-order valence-electron chi connectivity index (χ1n) is 5.86. The van der Waals surface area contributed by atoms with Gasteiger partial charge in [0.25, 0.3) is 0 Å². The molecule has 1 aliphatic heterocycles. The molecule has 2 aromatic rings. The first kappa shape index (κ1) is 11.5. The third-order valence-electron chi connectivity index (χ3n) is 3.19. The highest BCUT2D eigenvalue weighted by Gasteiger charge is 2.19. The molecule has 0 bridgehead atoms. The van der Waals surface area contributed by atoms with E-state index in [9.17, 15) is 0 Å². The van der Waals surface area contributed by atoms with Gasteiger partial charge in [0, 0.05) is 20.3 Å². The number of nitrogens with one attached hydrogen (secondary N) is 1. The van der Waals surface area contributed by atoms with Crippen molar-refractivity contribution in [3.05, 3.63) is 45.2 Å². The molecular formula is C14H14BrNS. The molecular weight excluding hydrogens is 294 g/mol. The lowest BCUT2D eigenvalue weighted by Crippen LogP contribution is -2.26. The maximum absolute atomic E-state index is 3.54. The summed E-state index contributed by atoms with van der Waals surface area (Å²) in [7, 11) is 0. The van der Waals surface area contributed by atoms with Gasteiger partial charge in [-0.25, -0.2) is 0 Å². The molecule has 88 valence electrons. The summed E-state index contributed by atoms with van der Waals surface area (Å²) in [6.07, 6.45) is 1.16. The van der Waals surface area contributed by atoms with Gasteiger partial charge in [0.1, 0.15) is 0 Å². The van der Waals surface area contributed by atoms with Gasteiger partial charge in [-0.1, -0.05) is 28.1 Å². The van der Waals surface area contributed by atoms with Gasteiger partial charge < -0.3 is 5.32 Å². The summed E-state index contributed by atoms with van der Waals surface area (Å²) in [6.45, 7) is 3.35. The third kappa shape index (κ3) is 2.19. The fourth-order valence-corrected chi connectivity index (χ4v) is 3.94. The number of rotatable bonds is 1. The summed E-state index contributed by atoms with van der Waals surface area (Å²) in [5.74, 6) is 0. The van der Waals surface area contributed by atoms with Crippen molar-refractivity contribution in [1.82, 2.24) is 5.32 Å². The number of thiophene rings is 1. The van der Waals surface area contributed by atoms with Crippen LogP contribution in [0, 0.1) is 0 Å². The summed E-state index contributed by atoms with van der Waals surface area (Å²) in [6, 6.07) is 11.4. The van der Waals surface area contributed by atoms with Crippen LogP contribution in [0.25, 0.3) is 10.4 Å². The van der Waals surface area contributed by atoms with Crippen molar-refractivity contribution in [2.24, 2.45) is 0 Å². The SMILES string of the molecule is CC1NCCc2cc(-c3cccc(Br)c3)sc21. The Morgan fingerprint density at radius 2 is 2.24 bits per heavy atom. The van der Waals surface area contributed by atoms with Gasteiger partial charge >= 0.3 is 0 Å². The molecule has 2 heterocycles. The molecule has 0 radical (unpaired) electrons. The highest BCUT2D eigenvalue weighted by atomic mass is 79.9. The number of hydrogen-bond acceptors (Lipinski definition) is 2. The van der Waals surface area contributed by atoms with Gasteiger partial charge in [-0.15, -0.1) is 11.3 Å². The fraction of sp³-hybridized carbons (Fsp3) is 0.286. The molecule has 0 amide bonds. The van der Waals surface area contributed by atoms with Gasteiger partial charge in [0.05, 0.1) is 0 Å². The van der Waals surface area contributed by atoms with Gasteiger partial charge in [-0.05, 0) is 49.2 Å². The van der Waals surface area contributed by atoms with Crippen molar-refractivity contribution in [2.45, 2.75) is 19.4 Å². The Balaban J connectivity index is 2.05. The molecule has 1 aromatic carbocycles. The normalized spacial score (nSPS) is 19.1. The Labute approximate surface area is 114 Å². The van der Waals surface area contributed by atoms with E-state index in [0.29, 0.717) is 6.04 Å². The standard InChI is InChI=1S/C14H14BrNS/c1-9-14-11(5-6-16-9)8-13(17-14)10-3-2-4-12(15)7-10/h2-4,7-9,16H,5-6H2,1H3. The second-order valence-corrected chi connectivity index (χ2v) is 6.44. The Morgan fingerprint density at radius 3 is 3.00 bits per heavy atom. The molecule has 1 nitrogen and oxygen atoms in total. The number of benzene rings is 1. The van der Waals surface area contributed by atoms with Crippen LogP contribution in [-0.2, 0) is 6.42 Å². The number of halogens is 1. The van der Waals surface area contributed by atoms with Crippen molar-refractivity contribution in [2.75, 3.05) is 6.54 Å². The Bertz CT molecular complexity index is 547. The van der Waals surface area contributed by atoms with E-state index in [1.165, 1.54) is 20.9 Å². The van der Waals surface area contributed by atoms with Crippen LogP contribution in [-0.4, -0.2) is 6.54 Å².